The van der Waals surface area contributed by atoms with E-state index in [-0.39, 0.29) is 0 Å². The predicted octanol–water partition coefficient (Wildman–Crippen LogP) is 4.45. The van der Waals surface area contributed by atoms with Gasteiger partial charge in [0.15, 0.2) is 0 Å². The Hall–Kier alpha value is 0. The molecule has 1 atom stereocenters. The third-order valence-corrected chi connectivity index (χ3v) is 3.15. The standard InChI is InChI=1S/C12H25/c1-6-9-10-11(7-2)12(4,5)8-3/h11H,3,6-10H2,1-2,4-5H3. The van der Waals surface area contributed by atoms with Crippen LogP contribution in [0.15, 0.2) is 0 Å². The summed E-state index contributed by atoms with van der Waals surface area (Å²) in [5.74, 6) is 0.870. The Bertz CT molecular complexity index is 103. The van der Waals surface area contributed by atoms with Gasteiger partial charge in [0.2, 0.25) is 0 Å². The Morgan fingerprint density at radius 3 is 2.17 bits per heavy atom. The van der Waals surface area contributed by atoms with Gasteiger partial charge in [0.1, 0.15) is 0 Å². The zero-order chi connectivity index (χ0) is 9.61. The molecule has 0 saturated carbocycles. The van der Waals surface area contributed by atoms with E-state index < -0.39 is 0 Å². The van der Waals surface area contributed by atoms with Gasteiger partial charge in [-0.3, -0.25) is 0 Å². The smallest absolute Gasteiger partial charge is 0.0326 e. The highest BCUT2D eigenvalue weighted by Crippen LogP contribution is 2.35. The Kier molecular flexibility index (Phi) is 5.61. The molecule has 0 aromatic rings. The lowest BCUT2D eigenvalue weighted by Gasteiger charge is -2.32. The second-order valence-corrected chi connectivity index (χ2v) is 4.49. The van der Waals surface area contributed by atoms with E-state index in [2.05, 4.69) is 34.6 Å². The zero-order valence-electron chi connectivity index (χ0n) is 9.32. The van der Waals surface area contributed by atoms with Crippen molar-refractivity contribution in [3.63, 3.8) is 0 Å². The zero-order valence-corrected chi connectivity index (χ0v) is 9.32. The fourth-order valence-corrected chi connectivity index (χ4v) is 1.80. The number of rotatable bonds is 6. The molecule has 0 N–H and O–H groups in total. The van der Waals surface area contributed by atoms with Gasteiger partial charge in [-0.1, -0.05) is 53.9 Å². The van der Waals surface area contributed by atoms with Gasteiger partial charge < -0.3 is 0 Å². The molecule has 0 spiro atoms. The molecule has 12 heavy (non-hydrogen) atoms. The van der Waals surface area contributed by atoms with Crippen molar-refractivity contribution in [1.29, 1.82) is 0 Å². The summed E-state index contributed by atoms with van der Waals surface area (Å²) >= 11 is 0. The van der Waals surface area contributed by atoms with Gasteiger partial charge in [0.05, 0.1) is 0 Å². The van der Waals surface area contributed by atoms with Crippen LogP contribution in [0.1, 0.15) is 59.8 Å². The molecule has 0 rings (SSSR count). The fraction of sp³-hybridized carbons (Fsp3) is 0.917. The lowest BCUT2D eigenvalue weighted by atomic mass is 9.73. The van der Waals surface area contributed by atoms with E-state index in [4.69, 9.17) is 0 Å². The highest BCUT2D eigenvalue weighted by molar-refractivity contribution is 4.78. The Morgan fingerprint density at radius 2 is 1.83 bits per heavy atom. The molecule has 0 aromatic heterocycles. The van der Waals surface area contributed by atoms with Crippen LogP contribution >= 0.6 is 0 Å². The van der Waals surface area contributed by atoms with Crippen LogP contribution in [0.2, 0.25) is 0 Å². The molecule has 0 saturated heterocycles. The topological polar surface area (TPSA) is 0 Å². The first-order valence-corrected chi connectivity index (χ1v) is 5.37. The van der Waals surface area contributed by atoms with Crippen LogP contribution in [0, 0.1) is 18.3 Å². The first kappa shape index (κ1) is 12.0. The van der Waals surface area contributed by atoms with Crippen molar-refractivity contribution in [2.24, 2.45) is 11.3 Å². The summed E-state index contributed by atoms with van der Waals surface area (Å²) in [5.41, 5.74) is 0.448. The fourth-order valence-electron chi connectivity index (χ4n) is 1.80. The molecule has 1 radical (unpaired) electrons. The minimum atomic E-state index is 0.448. The molecular formula is C12H25. The third-order valence-electron chi connectivity index (χ3n) is 3.15. The van der Waals surface area contributed by atoms with E-state index in [0.717, 1.165) is 12.3 Å². The van der Waals surface area contributed by atoms with E-state index in [0.29, 0.717) is 5.41 Å². The predicted molar refractivity (Wildman–Crippen MR) is 57.1 cm³/mol. The highest BCUT2D eigenvalue weighted by Gasteiger charge is 2.25. The van der Waals surface area contributed by atoms with E-state index in [1.54, 1.807) is 0 Å². The van der Waals surface area contributed by atoms with Crippen LogP contribution in [-0.2, 0) is 0 Å². The molecule has 0 nitrogen and oxygen atoms in total. The van der Waals surface area contributed by atoms with Gasteiger partial charge in [-0.25, -0.2) is 0 Å². The summed E-state index contributed by atoms with van der Waals surface area (Å²) in [7, 11) is 0. The van der Waals surface area contributed by atoms with Crippen molar-refractivity contribution in [2.45, 2.75) is 59.8 Å². The maximum Gasteiger partial charge on any atom is -0.0326 e. The summed E-state index contributed by atoms with van der Waals surface area (Å²) in [6.45, 7) is 13.3. The maximum atomic E-state index is 4.03. The first-order valence-electron chi connectivity index (χ1n) is 5.37. The average molecular weight is 169 g/mol. The summed E-state index contributed by atoms with van der Waals surface area (Å²) in [6.07, 6.45) is 6.46. The second kappa shape index (κ2) is 5.61. The lowest BCUT2D eigenvalue weighted by molar-refractivity contribution is 0.191. The molecule has 0 bridgehead atoms. The summed E-state index contributed by atoms with van der Waals surface area (Å²) < 4.78 is 0. The average Bonchev–Trinajstić information content (AvgIpc) is 2.05. The van der Waals surface area contributed by atoms with Crippen LogP contribution in [-0.4, -0.2) is 0 Å². The number of unbranched alkanes of at least 4 members (excludes halogenated alkanes) is 1. The van der Waals surface area contributed by atoms with E-state index in [9.17, 15) is 0 Å². The van der Waals surface area contributed by atoms with Crippen LogP contribution in [0.4, 0.5) is 0 Å². The Balaban J connectivity index is 3.95. The lowest BCUT2D eigenvalue weighted by Crippen LogP contribution is -2.22. The molecule has 1 unspecified atom stereocenters. The Labute approximate surface area is 78.8 Å². The number of hydrogen-bond donors (Lipinski definition) is 0. The molecule has 0 heterocycles. The summed E-state index contributed by atoms with van der Waals surface area (Å²) in [4.78, 5) is 0. The van der Waals surface area contributed by atoms with Crippen molar-refractivity contribution in [1.82, 2.24) is 0 Å². The van der Waals surface area contributed by atoms with Crippen LogP contribution < -0.4 is 0 Å². The van der Waals surface area contributed by atoms with Crippen molar-refractivity contribution in [3.8, 4) is 0 Å². The van der Waals surface area contributed by atoms with Crippen LogP contribution in [0.5, 0.6) is 0 Å². The minimum absolute atomic E-state index is 0.448. The molecule has 0 aromatic carbocycles. The monoisotopic (exact) mass is 169 g/mol. The first-order chi connectivity index (χ1) is 5.58. The molecule has 0 fully saturated rings. The van der Waals surface area contributed by atoms with Gasteiger partial charge in [-0.15, -0.1) is 0 Å². The molecular weight excluding hydrogens is 144 g/mol. The highest BCUT2D eigenvalue weighted by atomic mass is 14.3. The van der Waals surface area contributed by atoms with Crippen molar-refractivity contribution in [3.05, 3.63) is 6.92 Å². The molecule has 0 aliphatic carbocycles. The summed E-state index contributed by atoms with van der Waals surface area (Å²) in [5, 5.41) is 0. The summed E-state index contributed by atoms with van der Waals surface area (Å²) in [6, 6.07) is 0. The maximum absolute atomic E-state index is 4.03. The Morgan fingerprint density at radius 1 is 1.25 bits per heavy atom. The largest absolute Gasteiger partial charge is 0.0654 e. The van der Waals surface area contributed by atoms with Crippen LogP contribution in [0.3, 0.4) is 0 Å². The van der Waals surface area contributed by atoms with E-state index >= 15 is 0 Å². The van der Waals surface area contributed by atoms with E-state index in [1.807, 2.05) is 0 Å². The van der Waals surface area contributed by atoms with Crippen LogP contribution in [0.25, 0.3) is 0 Å². The normalized spacial score (nSPS) is 14.8. The van der Waals surface area contributed by atoms with E-state index in [1.165, 1.54) is 25.7 Å². The molecule has 0 heteroatoms. The third kappa shape index (κ3) is 3.60. The van der Waals surface area contributed by atoms with Gasteiger partial charge in [0.25, 0.3) is 0 Å². The van der Waals surface area contributed by atoms with Crippen molar-refractivity contribution < 1.29 is 0 Å². The van der Waals surface area contributed by atoms with Crippen molar-refractivity contribution >= 4 is 0 Å². The molecule has 0 amide bonds. The van der Waals surface area contributed by atoms with Gasteiger partial charge >= 0.3 is 0 Å². The molecule has 73 valence electrons. The molecule has 0 aliphatic heterocycles. The quantitative estimate of drug-likeness (QED) is 0.551. The second-order valence-electron chi connectivity index (χ2n) is 4.49. The van der Waals surface area contributed by atoms with Gasteiger partial charge in [-0.2, -0.15) is 0 Å². The van der Waals surface area contributed by atoms with Gasteiger partial charge in [-0.05, 0) is 24.2 Å². The molecule has 0 aliphatic rings. The number of hydrogen-bond acceptors (Lipinski definition) is 0. The SMILES string of the molecule is [CH2]CC(C)(C)C(CC)CCCC. The van der Waals surface area contributed by atoms with Crippen molar-refractivity contribution in [2.75, 3.05) is 0 Å². The minimum Gasteiger partial charge on any atom is -0.0654 e. The van der Waals surface area contributed by atoms with Gasteiger partial charge in [0, 0.05) is 0 Å².